The van der Waals surface area contributed by atoms with E-state index in [1.807, 2.05) is 63.2 Å². The summed E-state index contributed by atoms with van der Waals surface area (Å²) in [5, 5.41) is 4.37. The minimum absolute atomic E-state index is 0.0798. The van der Waals surface area contributed by atoms with Gasteiger partial charge in [0.15, 0.2) is 17.4 Å². The number of rotatable bonds is 7. The monoisotopic (exact) mass is 442 g/mol. The maximum Gasteiger partial charge on any atom is 0.185 e. The molecule has 8 nitrogen and oxygen atoms in total. The molecule has 3 aromatic heterocycles. The zero-order valence-electron chi connectivity index (χ0n) is 19.2. The average molecular weight is 443 g/mol. The first kappa shape index (κ1) is 22.1. The molecule has 4 rings (SSSR count). The highest BCUT2D eigenvalue weighted by Crippen LogP contribution is 2.28. The van der Waals surface area contributed by atoms with Gasteiger partial charge in [0.1, 0.15) is 17.1 Å². The number of hydrogen-bond donors (Lipinski definition) is 1. The summed E-state index contributed by atoms with van der Waals surface area (Å²) in [6.07, 6.45) is 2.42. The van der Waals surface area contributed by atoms with E-state index in [1.165, 1.54) is 0 Å². The summed E-state index contributed by atoms with van der Waals surface area (Å²) in [7, 11) is 1.62. The fourth-order valence-electron chi connectivity index (χ4n) is 3.82. The Labute approximate surface area is 192 Å². The molecule has 0 saturated carbocycles. The predicted molar refractivity (Wildman–Crippen MR) is 127 cm³/mol. The van der Waals surface area contributed by atoms with Crippen molar-refractivity contribution in [3.63, 3.8) is 0 Å². The van der Waals surface area contributed by atoms with Crippen LogP contribution in [0.3, 0.4) is 0 Å². The zero-order chi connectivity index (χ0) is 23.5. The maximum absolute atomic E-state index is 13.2. The quantitative estimate of drug-likeness (QED) is 0.430. The number of nitrogen functional groups attached to an aromatic ring is 1. The largest absolute Gasteiger partial charge is 0.496 e. The lowest BCUT2D eigenvalue weighted by atomic mass is 10.0. The molecule has 33 heavy (non-hydrogen) atoms. The van der Waals surface area contributed by atoms with Crippen molar-refractivity contribution in [2.75, 3.05) is 12.8 Å². The minimum atomic E-state index is -0.182. The molecule has 0 fully saturated rings. The molecule has 0 aliphatic rings. The summed E-state index contributed by atoms with van der Waals surface area (Å²) in [5.41, 5.74) is 11.2. The van der Waals surface area contributed by atoms with Crippen molar-refractivity contribution in [3.8, 4) is 22.8 Å². The van der Waals surface area contributed by atoms with E-state index >= 15 is 0 Å². The van der Waals surface area contributed by atoms with E-state index in [4.69, 9.17) is 15.5 Å². The molecule has 168 valence electrons. The van der Waals surface area contributed by atoms with Gasteiger partial charge in [-0.2, -0.15) is 5.10 Å². The summed E-state index contributed by atoms with van der Waals surface area (Å²) >= 11 is 0. The van der Waals surface area contributed by atoms with Crippen molar-refractivity contribution >= 4 is 11.6 Å². The number of methoxy groups -OCH3 is 1. The van der Waals surface area contributed by atoms with Crippen LogP contribution in [0.15, 0.2) is 48.7 Å². The van der Waals surface area contributed by atoms with Crippen molar-refractivity contribution in [1.29, 1.82) is 0 Å². The van der Waals surface area contributed by atoms with E-state index in [-0.39, 0.29) is 23.7 Å². The standard InChI is InChI=1S/C25H26N6O2/c1-15-13-19(14-16(2)28-15)22-25(31-17(3)11-12-27-31)30-24(26)23(29-22)20(32)10-9-18-7-5-6-8-21(18)33-4/h5-8,11-14H,9-10H2,1-4H3,(H2,26,30). The molecule has 1 aromatic carbocycles. The third kappa shape index (κ3) is 4.59. The Morgan fingerprint density at radius 1 is 1.03 bits per heavy atom. The van der Waals surface area contributed by atoms with Crippen LogP contribution < -0.4 is 10.5 Å². The number of ether oxygens (including phenoxy) is 1. The molecule has 0 aliphatic heterocycles. The second kappa shape index (κ2) is 9.20. The van der Waals surface area contributed by atoms with E-state index in [1.54, 1.807) is 18.0 Å². The van der Waals surface area contributed by atoms with Crippen LogP contribution in [0.5, 0.6) is 5.75 Å². The summed E-state index contributed by atoms with van der Waals surface area (Å²) < 4.78 is 7.07. The molecule has 4 aromatic rings. The first-order chi connectivity index (χ1) is 15.9. The first-order valence-corrected chi connectivity index (χ1v) is 10.7. The lowest BCUT2D eigenvalue weighted by Gasteiger charge is -2.14. The summed E-state index contributed by atoms with van der Waals surface area (Å²) in [6.45, 7) is 5.75. The van der Waals surface area contributed by atoms with Crippen molar-refractivity contribution in [1.82, 2.24) is 24.7 Å². The molecule has 0 spiro atoms. The van der Waals surface area contributed by atoms with Crippen LogP contribution in [0, 0.1) is 20.8 Å². The number of aryl methyl sites for hydroxylation is 4. The van der Waals surface area contributed by atoms with E-state index < -0.39 is 0 Å². The Morgan fingerprint density at radius 2 is 1.76 bits per heavy atom. The van der Waals surface area contributed by atoms with Gasteiger partial charge in [0.25, 0.3) is 0 Å². The van der Waals surface area contributed by atoms with Gasteiger partial charge >= 0.3 is 0 Å². The van der Waals surface area contributed by atoms with Gasteiger partial charge in [0.05, 0.1) is 7.11 Å². The minimum Gasteiger partial charge on any atom is -0.496 e. The molecule has 0 saturated heterocycles. The number of benzene rings is 1. The van der Waals surface area contributed by atoms with Crippen LogP contribution in [-0.4, -0.2) is 37.6 Å². The van der Waals surface area contributed by atoms with Crippen LogP contribution in [0.2, 0.25) is 0 Å². The van der Waals surface area contributed by atoms with Gasteiger partial charge in [-0.05, 0) is 57.0 Å². The molecule has 2 N–H and O–H groups in total. The molecule has 0 radical (unpaired) electrons. The van der Waals surface area contributed by atoms with Gasteiger partial charge in [-0.25, -0.2) is 14.6 Å². The summed E-state index contributed by atoms with van der Waals surface area (Å²) in [6, 6.07) is 13.3. The molecular weight excluding hydrogens is 416 g/mol. The van der Waals surface area contributed by atoms with Crippen LogP contribution in [0.1, 0.15) is 39.6 Å². The number of hydrogen-bond acceptors (Lipinski definition) is 7. The van der Waals surface area contributed by atoms with Crippen LogP contribution in [-0.2, 0) is 6.42 Å². The molecule has 3 heterocycles. The second-order valence-corrected chi connectivity index (χ2v) is 7.89. The van der Waals surface area contributed by atoms with Crippen molar-refractivity contribution < 1.29 is 9.53 Å². The summed E-state index contributed by atoms with van der Waals surface area (Å²) in [5.74, 6) is 1.12. The number of nitrogens with zero attached hydrogens (tertiary/aromatic N) is 5. The third-order valence-corrected chi connectivity index (χ3v) is 5.37. The van der Waals surface area contributed by atoms with Gasteiger partial charge < -0.3 is 10.5 Å². The molecular formula is C25H26N6O2. The number of carbonyl (C=O) groups is 1. The van der Waals surface area contributed by atoms with Gasteiger partial charge in [-0.15, -0.1) is 0 Å². The molecule has 8 heteroatoms. The van der Waals surface area contributed by atoms with E-state index in [0.717, 1.165) is 34.0 Å². The lowest BCUT2D eigenvalue weighted by molar-refractivity contribution is 0.0978. The molecule has 0 bridgehead atoms. The number of nitrogens with two attached hydrogens (primary N) is 1. The van der Waals surface area contributed by atoms with Gasteiger partial charge in [-0.1, -0.05) is 18.2 Å². The van der Waals surface area contributed by atoms with Gasteiger partial charge in [-0.3, -0.25) is 9.78 Å². The fourth-order valence-corrected chi connectivity index (χ4v) is 3.82. The average Bonchev–Trinajstić information content (AvgIpc) is 3.22. The number of pyridine rings is 1. The van der Waals surface area contributed by atoms with Crippen molar-refractivity contribution in [2.45, 2.75) is 33.6 Å². The topological polar surface area (TPSA) is 109 Å². The SMILES string of the molecule is COc1ccccc1CCC(=O)c1nc(-c2cc(C)nc(C)c2)c(-n2nccc2C)nc1N. The highest BCUT2D eigenvalue weighted by Gasteiger charge is 2.21. The van der Waals surface area contributed by atoms with Gasteiger partial charge in [0.2, 0.25) is 0 Å². The molecule has 0 aliphatic carbocycles. The Hall–Kier alpha value is -4.07. The number of ketones is 1. The number of carbonyl (C=O) groups excluding carboxylic acids is 1. The smallest absolute Gasteiger partial charge is 0.185 e. The van der Waals surface area contributed by atoms with Crippen LogP contribution in [0.25, 0.3) is 17.1 Å². The van der Waals surface area contributed by atoms with Crippen molar-refractivity contribution in [3.05, 3.63) is 77.0 Å². The third-order valence-electron chi connectivity index (χ3n) is 5.37. The molecule has 0 unspecified atom stereocenters. The van der Waals surface area contributed by atoms with E-state index in [0.29, 0.717) is 17.9 Å². The Balaban J connectivity index is 1.76. The maximum atomic E-state index is 13.2. The van der Waals surface area contributed by atoms with E-state index in [2.05, 4.69) is 15.1 Å². The molecule has 0 atom stereocenters. The highest BCUT2D eigenvalue weighted by molar-refractivity contribution is 5.99. The number of para-hydroxylation sites is 1. The lowest BCUT2D eigenvalue weighted by Crippen LogP contribution is -2.15. The van der Waals surface area contributed by atoms with E-state index in [9.17, 15) is 4.79 Å². The Kier molecular flexibility index (Phi) is 6.17. The molecule has 0 amide bonds. The predicted octanol–water partition coefficient (Wildman–Crippen LogP) is 4.06. The Morgan fingerprint density at radius 3 is 2.42 bits per heavy atom. The Bertz CT molecular complexity index is 1310. The number of anilines is 1. The zero-order valence-corrected chi connectivity index (χ0v) is 19.2. The first-order valence-electron chi connectivity index (χ1n) is 10.7. The van der Waals surface area contributed by atoms with Gasteiger partial charge in [0, 0.05) is 35.3 Å². The summed E-state index contributed by atoms with van der Waals surface area (Å²) in [4.78, 5) is 26.9. The second-order valence-electron chi connectivity index (χ2n) is 7.89. The van der Waals surface area contributed by atoms with Crippen LogP contribution in [0.4, 0.5) is 5.82 Å². The van der Waals surface area contributed by atoms with Crippen LogP contribution >= 0.6 is 0 Å². The van der Waals surface area contributed by atoms with Crippen molar-refractivity contribution in [2.24, 2.45) is 0 Å². The number of aromatic nitrogens is 5. The highest BCUT2D eigenvalue weighted by atomic mass is 16.5. The normalized spacial score (nSPS) is 10.9. The number of Topliss-reactive ketones (excluding diaryl/α,β-unsaturated/α-hetero) is 1. The fraction of sp³-hybridized carbons (Fsp3) is 0.240.